The normalized spacial score (nSPS) is 31.0. The average Bonchev–Trinajstić information content (AvgIpc) is 2.21. The number of hydrogen-bond donors (Lipinski definition) is 0. The largest absolute Gasteiger partial charge is 0.456 e. The van der Waals surface area contributed by atoms with E-state index in [-0.39, 0.29) is 11.6 Å². The molecular weight excluding hydrogens is 188 g/mol. The molecule has 86 valence electrons. The first kappa shape index (κ1) is 12.3. The number of hydrogen-bond acceptors (Lipinski definition) is 2. The van der Waals surface area contributed by atoms with Crippen LogP contribution in [0.2, 0.25) is 0 Å². The Kier molecular flexibility index (Phi) is 3.95. The highest BCUT2D eigenvalue weighted by Crippen LogP contribution is 2.34. The van der Waals surface area contributed by atoms with Gasteiger partial charge in [0, 0.05) is 5.57 Å². The second-order valence-corrected chi connectivity index (χ2v) is 4.98. The van der Waals surface area contributed by atoms with Crippen molar-refractivity contribution in [3.63, 3.8) is 0 Å². The van der Waals surface area contributed by atoms with Crippen LogP contribution >= 0.6 is 0 Å². The first-order chi connectivity index (χ1) is 6.97. The van der Waals surface area contributed by atoms with Gasteiger partial charge in [-0.15, -0.1) is 0 Å². The Labute approximate surface area is 92.7 Å². The molecule has 15 heavy (non-hydrogen) atoms. The summed E-state index contributed by atoms with van der Waals surface area (Å²) in [5.74, 6) is 0.556. The molecule has 0 aromatic carbocycles. The topological polar surface area (TPSA) is 26.3 Å². The maximum atomic E-state index is 11.6. The van der Waals surface area contributed by atoms with Crippen molar-refractivity contribution in [2.45, 2.75) is 58.5 Å². The van der Waals surface area contributed by atoms with Gasteiger partial charge in [0.05, 0.1) is 0 Å². The molecule has 1 fully saturated rings. The van der Waals surface area contributed by atoms with Gasteiger partial charge in [-0.2, -0.15) is 0 Å². The molecule has 1 saturated carbocycles. The predicted octanol–water partition coefficient (Wildman–Crippen LogP) is 3.46. The molecule has 0 N–H and O–H groups in total. The fraction of sp³-hybridized carbons (Fsp3) is 0.769. The van der Waals surface area contributed by atoms with Gasteiger partial charge in [0.25, 0.3) is 0 Å². The van der Waals surface area contributed by atoms with Gasteiger partial charge >= 0.3 is 5.97 Å². The summed E-state index contributed by atoms with van der Waals surface area (Å²) in [7, 11) is 0. The van der Waals surface area contributed by atoms with Crippen LogP contribution in [0.15, 0.2) is 12.2 Å². The lowest BCUT2D eigenvalue weighted by Gasteiger charge is -2.35. The first-order valence-electron chi connectivity index (χ1n) is 5.88. The third-order valence-electron chi connectivity index (χ3n) is 3.39. The molecule has 2 nitrogen and oxygen atoms in total. The van der Waals surface area contributed by atoms with Crippen molar-refractivity contribution in [2.75, 3.05) is 0 Å². The van der Waals surface area contributed by atoms with Gasteiger partial charge in [-0.1, -0.05) is 20.4 Å². The molecule has 0 radical (unpaired) electrons. The molecule has 1 aliphatic rings. The summed E-state index contributed by atoms with van der Waals surface area (Å²) in [6, 6.07) is 0. The summed E-state index contributed by atoms with van der Waals surface area (Å²) in [5.41, 5.74) is 0.330. The zero-order valence-electron chi connectivity index (χ0n) is 10.1. The van der Waals surface area contributed by atoms with Crippen molar-refractivity contribution in [2.24, 2.45) is 5.92 Å². The number of ether oxygens (including phenoxy) is 1. The minimum Gasteiger partial charge on any atom is -0.456 e. The molecule has 0 heterocycles. The fourth-order valence-electron chi connectivity index (χ4n) is 1.92. The van der Waals surface area contributed by atoms with Crippen molar-refractivity contribution in [1.82, 2.24) is 0 Å². The highest BCUT2D eigenvalue weighted by molar-refractivity contribution is 5.87. The molecule has 0 bridgehead atoms. The smallest absolute Gasteiger partial charge is 0.333 e. The molecule has 1 aliphatic carbocycles. The summed E-state index contributed by atoms with van der Waals surface area (Å²) in [6.45, 7) is 9.93. The Balaban J connectivity index is 2.50. The maximum absolute atomic E-state index is 11.6. The van der Waals surface area contributed by atoms with Crippen molar-refractivity contribution in [3.05, 3.63) is 12.2 Å². The van der Waals surface area contributed by atoms with Crippen LogP contribution < -0.4 is 0 Å². The maximum Gasteiger partial charge on any atom is 0.333 e. The molecule has 0 saturated heterocycles. The summed E-state index contributed by atoms with van der Waals surface area (Å²) in [5, 5.41) is 0. The number of rotatable bonds is 3. The van der Waals surface area contributed by atoms with Crippen LogP contribution in [0.4, 0.5) is 0 Å². The van der Waals surface area contributed by atoms with Crippen LogP contribution in [-0.4, -0.2) is 11.6 Å². The molecule has 0 unspecified atom stereocenters. The van der Waals surface area contributed by atoms with E-state index in [2.05, 4.69) is 13.5 Å². The summed E-state index contributed by atoms with van der Waals surface area (Å²) in [4.78, 5) is 11.6. The zero-order valence-corrected chi connectivity index (χ0v) is 10.1. The SMILES string of the molecule is C=C(CC)C(=O)OC1(C)CCC(C)CC1. The van der Waals surface area contributed by atoms with E-state index in [9.17, 15) is 4.79 Å². The monoisotopic (exact) mass is 210 g/mol. The van der Waals surface area contributed by atoms with E-state index in [4.69, 9.17) is 4.74 Å². The van der Waals surface area contributed by atoms with Gasteiger partial charge in [0.2, 0.25) is 0 Å². The minimum atomic E-state index is -0.248. The van der Waals surface area contributed by atoms with Gasteiger partial charge in [-0.3, -0.25) is 0 Å². The van der Waals surface area contributed by atoms with Crippen LogP contribution in [0, 0.1) is 5.92 Å². The Morgan fingerprint density at radius 1 is 1.47 bits per heavy atom. The molecular formula is C13H22O2. The molecule has 0 spiro atoms. The summed E-state index contributed by atoms with van der Waals surface area (Å²) >= 11 is 0. The van der Waals surface area contributed by atoms with Gasteiger partial charge in [0.15, 0.2) is 0 Å². The summed E-state index contributed by atoms with van der Waals surface area (Å²) in [6.07, 6.45) is 4.95. The Bertz CT molecular complexity index is 247. The quantitative estimate of drug-likeness (QED) is 0.526. The van der Waals surface area contributed by atoms with E-state index in [1.165, 1.54) is 0 Å². The second kappa shape index (κ2) is 4.82. The van der Waals surface area contributed by atoms with Crippen LogP contribution in [0.3, 0.4) is 0 Å². The van der Waals surface area contributed by atoms with E-state index in [0.29, 0.717) is 12.0 Å². The van der Waals surface area contributed by atoms with Gasteiger partial charge in [-0.05, 0) is 44.9 Å². The standard InChI is InChI=1S/C13H22O2/c1-5-11(3)12(14)15-13(4)8-6-10(2)7-9-13/h10H,3,5-9H2,1-2,4H3. The summed E-state index contributed by atoms with van der Waals surface area (Å²) < 4.78 is 5.54. The second-order valence-electron chi connectivity index (χ2n) is 4.98. The Hall–Kier alpha value is -0.790. The van der Waals surface area contributed by atoms with Crippen LogP contribution in [0.1, 0.15) is 52.9 Å². The number of carbonyl (C=O) groups excluding carboxylic acids is 1. The predicted molar refractivity (Wildman–Crippen MR) is 61.6 cm³/mol. The lowest BCUT2D eigenvalue weighted by atomic mass is 9.80. The van der Waals surface area contributed by atoms with Gasteiger partial charge in [-0.25, -0.2) is 4.79 Å². The number of carbonyl (C=O) groups is 1. The minimum absolute atomic E-state index is 0.213. The Morgan fingerprint density at radius 2 is 2.00 bits per heavy atom. The highest BCUT2D eigenvalue weighted by atomic mass is 16.6. The van der Waals surface area contributed by atoms with E-state index in [0.717, 1.165) is 31.6 Å². The molecule has 0 aromatic heterocycles. The van der Waals surface area contributed by atoms with Crippen molar-refractivity contribution < 1.29 is 9.53 Å². The zero-order chi connectivity index (χ0) is 11.5. The fourth-order valence-corrected chi connectivity index (χ4v) is 1.92. The van der Waals surface area contributed by atoms with E-state index < -0.39 is 0 Å². The van der Waals surface area contributed by atoms with Crippen molar-refractivity contribution in [3.8, 4) is 0 Å². The molecule has 0 amide bonds. The molecule has 1 rings (SSSR count). The van der Waals surface area contributed by atoms with Gasteiger partial charge < -0.3 is 4.74 Å². The third kappa shape index (κ3) is 3.37. The third-order valence-corrected chi connectivity index (χ3v) is 3.39. The Morgan fingerprint density at radius 3 is 2.47 bits per heavy atom. The van der Waals surface area contributed by atoms with Crippen LogP contribution in [-0.2, 0) is 9.53 Å². The van der Waals surface area contributed by atoms with Gasteiger partial charge in [0.1, 0.15) is 5.60 Å². The lowest BCUT2D eigenvalue weighted by Crippen LogP contribution is -2.36. The average molecular weight is 210 g/mol. The lowest BCUT2D eigenvalue weighted by molar-refractivity contribution is -0.157. The van der Waals surface area contributed by atoms with E-state index >= 15 is 0 Å². The van der Waals surface area contributed by atoms with E-state index in [1.807, 2.05) is 13.8 Å². The van der Waals surface area contributed by atoms with E-state index in [1.54, 1.807) is 0 Å². The highest BCUT2D eigenvalue weighted by Gasteiger charge is 2.33. The molecule has 0 aromatic rings. The van der Waals surface area contributed by atoms with Crippen molar-refractivity contribution >= 4 is 5.97 Å². The molecule has 0 atom stereocenters. The number of esters is 1. The molecule has 0 aliphatic heterocycles. The van der Waals surface area contributed by atoms with Crippen LogP contribution in [0.25, 0.3) is 0 Å². The first-order valence-corrected chi connectivity index (χ1v) is 5.88. The van der Waals surface area contributed by atoms with Crippen molar-refractivity contribution in [1.29, 1.82) is 0 Å². The van der Waals surface area contributed by atoms with Crippen LogP contribution in [0.5, 0.6) is 0 Å². The molecule has 2 heteroatoms.